The van der Waals surface area contributed by atoms with Gasteiger partial charge in [-0.25, -0.2) is 0 Å². The highest BCUT2D eigenvalue weighted by molar-refractivity contribution is 6.35. The van der Waals surface area contributed by atoms with E-state index in [0.29, 0.717) is 23.1 Å². The van der Waals surface area contributed by atoms with Crippen LogP contribution < -0.4 is 5.32 Å². The Morgan fingerprint density at radius 2 is 2.00 bits per heavy atom. The van der Waals surface area contributed by atoms with Crippen LogP contribution in [-0.4, -0.2) is 30.4 Å². The van der Waals surface area contributed by atoms with E-state index in [1.165, 1.54) is 12.8 Å². The highest BCUT2D eigenvalue weighted by Gasteiger charge is 2.14. The third-order valence-electron chi connectivity index (χ3n) is 3.06. The second-order valence-corrected chi connectivity index (χ2v) is 5.34. The Morgan fingerprint density at radius 3 is 2.67 bits per heavy atom. The van der Waals surface area contributed by atoms with Gasteiger partial charge in [0.1, 0.15) is 0 Å². The monoisotopic (exact) mass is 286 g/mol. The molecule has 18 heavy (non-hydrogen) atoms. The lowest BCUT2D eigenvalue weighted by Crippen LogP contribution is -2.35. The predicted molar refractivity (Wildman–Crippen MR) is 74.0 cm³/mol. The van der Waals surface area contributed by atoms with Crippen LogP contribution in [0.5, 0.6) is 0 Å². The molecule has 1 aromatic rings. The Bertz CT molecular complexity index is 431. The van der Waals surface area contributed by atoms with E-state index in [2.05, 4.69) is 10.2 Å². The fraction of sp³-hybridized carbons (Fsp3) is 0.462. The molecule has 5 heteroatoms. The number of carbonyl (C=O) groups excluding carboxylic acids is 1. The Balaban J connectivity index is 1.81. The van der Waals surface area contributed by atoms with Crippen molar-refractivity contribution in [1.29, 1.82) is 0 Å². The summed E-state index contributed by atoms with van der Waals surface area (Å²) in [6.45, 7) is 2.97. The van der Waals surface area contributed by atoms with Gasteiger partial charge in [0.2, 0.25) is 5.91 Å². The predicted octanol–water partition coefficient (Wildman–Crippen LogP) is 2.71. The van der Waals surface area contributed by atoms with E-state index in [0.717, 1.165) is 18.7 Å². The Labute approximate surface area is 117 Å². The zero-order valence-electron chi connectivity index (χ0n) is 10.1. The Kier molecular flexibility index (Phi) is 4.87. The number of likely N-dealkylation sites (tertiary alicyclic amines) is 1. The van der Waals surface area contributed by atoms with Gasteiger partial charge in [-0.15, -0.1) is 0 Å². The summed E-state index contributed by atoms with van der Waals surface area (Å²) in [6, 6.07) is 5.29. The molecule has 1 aliphatic heterocycles. The molecule has 1 heterocycles. The van der Waals surface area contributed by atoms with E-state index in [1.54, 1.807) is 12.1 Å². The molecule has 2 rings (SSSR count). The zero-order chi connectivity index (χ0) is 13.0. The second-order valence-electron chi connectivity index (χ2n) is 4.50. The lowest BCUT2D eigenvalue weighted by Gasteiger charge is -2.14. The van der Waals surface area contributed by atoms with Gasteiger partial charge in [0, 0.05) is 16.6 Å². The van der Waals surface area contributed by atoms with Crippen LogP contribution in [0.15, 0.2) is 18.2 Å². The molecule has 1 amide bonds. The topological polar surface area (TPSA) is 32.3 Å². The first-order valence-corrected chi connectivity index (χ1v) is 6.84. The molecule has 1 saturated heterocycles. The number of rotatable bonds is 4. The first-order chi connectivity index (χ1) is 8.65. The summed E-state index contributed by atoms with van der Waals surface area (Å²) < 4.78 is 0. The smallest absolute Gasteiger partial charge is 0.234 e. The molecular formula is C13H16Cl2N2O. The van der Waals surface area contributed by atoms with Gasteiger partial charge >= 0.3 is 0 Å². The van der Waals surface area contributed by atoms with Gasteiger partial charge in [-0.2, -0.15) is 0 Å². The van der Waals surface area contributed by atoms with Crippen molar-refractivity contribution in [3.8, 4) is 0 Å². The molecule has 0 aliphatic carbocycles. The van der Waals surface area contributed by atoms with Crippen molar-refractivity contribution in [2.75, 3.05) is 19.6 Å². The number of nitrogens with one attached hydrogen (secondary N) is 1. The van der Waals surface area contributed by atoms with Gasteiger partial charge in [0.15, 0.2) is 0 Å². The van der Waals surface area contributed by atoms with Gasteiger partial charge < -0.3 is 5.32 Å². The highest BCUT2D eigenvalue weighted by Crippen LogP contribution is 2.20. The molecule has 3 nitrogen and oxygen atoms in total. The van der Waals surface area contributed by atoms with Crippen LogP contribution in [0.2, 0.25) is 10.0 Å². The van der Waals surface area contributed by atoms with Crippen molar-refractivity contribution in [2.45, 2.75) is 19.4 Å². The minimum atomic E-state index is 0.0444. The van der Waals surface area contributed by atoms with Crippen molar-refractivity contribution >= 4 is 29.1 Å². The third kappa shape index (κ3) is 3.87. The van der Waals surface area contributed by atoms with Crippen molar-refractivity contribution in [3.05, 3.63) is 33.8 Å². The van der Waals surface area contributed by atoms with Gasteiger partial charge in [0.25, 0.3) is 0 Å². The van der Waals surface area contributed by atoms with E-state index in [9.17, 15) is 4.79 Å². The van der Waals surface area contributed by atoms with E-state index in [1.807, 2.05) is 6.07 Å². The zero-order valence-corrected chi connectivity index (χ0v) is 11.6. The molecule has 0 saturated carbocycles. The Morgan fingerprint density at radius 1 is 1.28 bits per heavy atom. The molecule has 1 aromatic carbocycles. The lowest BCUT2D eigenvalue weighted by molar-refractivity contribution is -0.122. The molecule has 0 bridgehead atoms. The van der Waals surface area contributed by atoms with E-state index in [4.69, 9.17) is 23.2 Å². The minimum Gasteiger partial charge on any atom is -0.351 e. The number of hydrogen-bond donors (Lipinski definition) is 1. The molecule has 0 atom stereocenters. The highest BCUT2D eigenvalue weighted by atomic mass is 35.5. The summed E-state index contributed by atoms with van der Waals surface area (Å²) in [6.07, 6.45) is 2.38. The molecule has 1 fully saturated rings. The molecule has 0 aromatic heterocycles. The van der Waals surface area contributed by atoms with Gasteiger partial charge in [0.05, 0.1) is 6.54 Å². The minimum absolute atomic E-state index is 0.0444. The maximum atomic E-state index is 11.7. The van der Waals surface area contributed by atoms with Crippen molar-refractivity contribution in [3.63, 3.8) is 0 Å². The number of halogens is 2. The molecule has 0 unspecified atom stereocenters. The molecule has 98 valence electrons. The van der Waals surface area contributed by atoms with Crippen LogP contribution in [0.1, 0.15) is 18.4 Å². The fourth-order valence-electron chi connectivity index (χ4n) is 2.06. The average Bonchev–Trinajstić information content (AvgIpc) is 2.80. The summed E-state index contributed by atoms with van der Waals surface area (Å²) in [4.78, 5) is 13.9. The van der Waals surface area contributed by atoms with Gasteiger partial charge in [-0.05, 0) is 43.6 Å². The van der Waals surface area contributed by atoms with E-state index < -0.39 is 0 Å². The van der Waals surface area contributed by atoms with Gasteiger partial charge in [-0.1, -0.05) is 29.3 Å². The van der Waals surface area contributed by atoms with Gasteiger partial charge in [-0.3, -0.25) is 9.69 Å². The quantitative estimate of drug-likeness (QED) is 0.923. The normalized spacial score (nSPS) is 15.9. The molecule has 1 N–H and O–H groups in total. The average molecular weight is 287 g/mol. The first-order valence-electron chi connectivity index (χ1n) is 6.08. The number of hydrogen-bond acceptors (Lipinski definition) is 2. The summed E-state index contributed by atoms with van der Waals surface area (Å²) in [5.41, 5.74) is 0.885. The Hall–Kier alpha value is -0.770. The number of carbonyl (C=O) groups is 1. The van der Waals surface area contributed by atoms with Crippen LogP contribution >= 0.6 is 23.2 Å². The summed E-state index contributed by atoms with van der Waals surface area (Å²) in [5, 5.41) is 4.07. The second kappa shape index (κ2) is 6.41. The molecule has 1 aliphatic rings. The standard InChI is InChI=1S/C13H16Cl2N2O/c14-11-4-3-10(12(15)7-11)8-16-13(18)9-17-5-1-2-6-17/h3-4,7H,1-2,5-6,8-9H2,(H,16,18). The van der Waals surface area contributed by atoms with Crippen LogP contribution in [-0.2, 0) is 11.3 Å². The third-order valence-corrected chi connectivity index (χ3v) is 3.64. The van der Waals surface area contributed by atoms with Crippen LogP contribution in [0.4, 0.5) is 0 Å². The summed E-state index contributed by atoms with van der Waals surface area (Å²) in [5.74, 6) is 0.0444. The number of nitrogens with zero attached hydrogens (tertiary/aromatic N) is 1. The van der Waals surface area contributed by atoms with Crippen molar-refractivity contribution in [2.24, 2.45) is 0 Å². The molecular weight excluding hydrogens is 271 g/mol. The van der Waals surface area contributed by atoms with Crippen LogP contribution in [0, 0.1) is 0 Å². The van der Waals surface area contributed by atoms with Crippen molar-refractivity contribution in [1.82, 2.24) is 10.2 Å². The maximum absolute atomic E-state index is 11.7. The number of benzene rings is 1. The van der Waals surface area contributed by atoms with E-state index >= 15 is 0 Å². The maximum Gasteiger partial charge on any atom is 0.234 e. The summed E-state index contributed by atoms with van der Waals surface area (Å²) in [7, 11) is 0. The fourth-order valence-corrected chi connectivity index (χ4v) is 2.53. The first kappa shape index (κ1) is 13.7. The van der Waals surface area contributed by atoms with Crippen molar-refractivity contribution < 1.29 is 4.79 Å². The molecule has 0 radical (unpaired) electrons. The SMILES string of the molecule is O=C(CN1CCCC1)NCc1ccc(Cl)cc1Cl. The van der Waals surface area contributed by atoms with E-state index in [-0.39, 0.29) is 5.91 Å². The van der Waals surface area contributed by atoms with Crippen LogP contribution in [0.3, 0.4) is 0 Å². The number of amides is 1. The molecule has 0 spiro atoms. The largest absolute Gasteiger partial charge is 0.351 e. The van der Waals surface area contributed by atoms with Crippen LogP contribution in [0.25, 0.3) is 0 Å². The lowest BCUT2D eigenvalue weighted by atomic mass is 10.2. The summed E-state index contributed by atoms with van der Waals surface area (Å²) >= 11 is 11.9.